The first-order valence-electron chi connectivity index (χ1n) is 8.44. The van der Waals surface area contributed by atoms with Gasteiger partial charge in [-0.05, 0) is 35.4 Å². The Balaban J connectivity index is 2.35. The summed E-state index contributed by atoms with van der Waals surface area (Å²) in [7, 11) is 4.83. The molecule has 0 heterocycles. The zero-order chi connectivity index (χ0) is 19.6. The summed E-state index contributed by atoms with van der Waals surface area (Å²) in [6.07, 6.45) is 1.88. The first-order chi connectivity index (χ1) is 13.1. The van der Waals surface area contributed by atoms with Gasteiger partial charge in [0, 0.05) is 39.4 Å². The van der Waals surface area contributed by atoms with Gasteiger partial charge in [-0.1, -0.05) is 24.8 Å². The van der Waals surface area contributed by atoms with Gasteiger partial charge < -0.3 is 23.8 Å². The third-order valence-corrected chi connectivity index (χ3v) is 3.89. The first kappa shape index (κ1) is 20.5. The van der Waals surface area contributed by atoms with Crippen molar-refractivity contribution in [2.75, 3.05) is 39.8 Å². The molecule has 0 aliphatic rings. The van der Waals surface area contributed by atoms with E-state index in [9.17, 15) is 4.79 Å². The van der Waals surface area contributed by atoms with Crippen LogP contribution >= 0.6 is 0 Å². The molecule has 6 nitrogen and oxygen atoms in total. The molecule has 144 valence electrons. The van der Waals surface area contributed by atoms with Crippen molar-refractivity contribution in [1.29, 1.82) is 0 Å². The van der Waals surface area contributed by atoms with Crippen LogP contribution in [0.5, 0.6) is 11.5 Å². The van der Waals surface area contributed by atoms with Gasteiger partial charge in [-0.2, -0.15) is 0 Å². The molecular weight excluding hydrogens is 346 g/mol. The number of methoxy groups -OCH3 is 2. The van der Waals surface area contributed by atoms with E-state index in [2.05, 4.69) is 6.58 Å². The molecule has 27 heavy (non-hydrogen) atoms. The highest BCUT2D eigenvalue weighted by Gasteiger charge is 2.12. The fraction of sp³-hybridized carbons (Fsp3) is 0.286. The molecule has 0 spiro atoms. The van der Waals surface area contributed by atoms with Crippen molar-refractivity contribution in [3.8, 4) is 11.5 Å². The first-order valence-corrected chi connectivity index (χ1v) is 8.44. The second-order valence-corrected chi connectivity index (χ2v) is 5.82. The molecule has 0 saturated carbocycles. The van der Waals surface area contributed by atoms with Crippen LogP contribution in [-0.4, -0.2) is 40.8 Å². The van der Waals surface area contributed by atoms with Crippen LogP contribution in [0.1, 0.15) is 11.1 Å². The molecule has 2 aromatic rings. The van der Waals surface area contributed by atoms with Crippen LogP contribution in [-0.2, 0) is 20.7 Å². The van der Waals surface area contributed by atoms with Gasteiger partial charge in [-0.15, -0.1) is 0 Å². The van der Waals surface area contributed by atoms with E-state index in [1.54, 1.807) is 27.3 Å². The number of amides is 1. The molecule has 0 fully saturated rings. The van der Waals surface area contributed by atoms with Crippen LogP contribution in [0.2, 0.25) is 0 Å². The summed E-state index contributed by atoms with van der Waals surface area (Å²) in [6, 6.07) is 13.4. The number of hydrogen-bond donors (Lipinski definition) is 0. The lowest BCUT2D eigenvalue weighted by Gasteiger charge is -2.19. The van der Waals surface area contributed by atoms with Crippen LogP contribution in [0.3, 0.4) is 0 Å². The zero-order valence-corrected chi connectivity index (χ0v) is 15.9. The third kappa shape index (κ3) is 5.84. The standard InChI is InChI=1S/C21H25NO5/c1-5-21(23)22(2)18-11-16(12-19(13-18)26-14-24-3)10-17-8-6-7-9-20(17)27-15-25-4/h5-9,11-13H,1,10,14-15H2,2-4H3. The summed E-state index contributed by atoms with van der Waals surface area (Å²) in [6.45, 7) is 3.84. The van der Waals surface area contributed by atoms with E-state index >= 15 is 0 Å². The Hall–Kier alpha value is -2.83. The minimum Gasteiger partial charge on any atom is -0.467 e. The topological polar surface area (TPSA) is 57.2 Å². The second-order valence-electron chi connectivity index (χ2n) is 5.82. The van der Waals surface area contributed by atoms with E-state index in [-0.39, 0.29) is 19.5 Å². The fourth-order valence-corrected chi connectivity index (χ4v) is 2.55. The summed E-state index contributed by atoms with van der Waals surface area (Å²) in [5, 5.41) is 0. The molecule has 1 amide bonds. The fourth-order valence-electron chi connectivity index (χ4n) is 2.55. The number of para-hydroxylation sites is 1. The van der Waals surface area contributed by atoms with E-state index in [0.29, 0.717) is 17.9 Å². The summed E-state index contributed by atoms with van der Waals surface area (Å²) < 4.78 is 21.2. The third-order valence-electron chi connectivity index (χ3n) is 3.89. The molecule has 0 unspecified atom stereocenters. The lowest BCUT2D eigenvalue weighted by molar-refractivity contribution is -0.113. The van der Waals surface area contributed by atoms with Crippen molar-refractivity contribution in [1.82, 2.24) is 0 Å². The largest absolute Gasteiger partial charge is 0.467 e. The number of carbonyl (C=O) groups is 1. The van der Waals surface area contributed by atoms with Crippen LogP contribution in [0.25, 0.3) is 0 Å². The summed E-state index contributed by atoms with van der Waals surface area (Å²) in [5.74, 6) is 1.16. The van der Waals surface area contributed by atoms with Crippen molar-refractivity contribution in [3.05, 3.63) is 66.2 Å². The number of benzene rings is 2. The molecule has 0 aromatic heterocycles. The number of likely N-dealkylation sites (N-methyl/N-ethyl adjacent to an activating group) is 1. The summed E-state index contributed by atoms with van der Waals surface area (Å²) in [5.41, 5.74) is 2.68. The smallest absolute Gasteiger partial charge is 0.250 e. The van der Waals surface area contributed by atoms with E-state index in [0.717, 1.165) is 16.9 Å². The van der Waals surface area contributed by atoms with Crippen LogP contribution < -0.4 is 14.4 Å². The predicted molar refractivity (Wildman–Crippen MR) is 104 cm³/mol. The van der Waals surface area contributed by atoms with Crippen LogP contribution in [0, 0.1) is 0 Å². The molecule has 0 aliphatic heterocycles. The Kier molecular flexibility index (Phi) is 7.85. The van der Waals surface area contributed by atoms with Gasteiger partial charge in [0.1, 0.15) is 11.5 Å². The minimum atomic E-state index is -0.200. The molecule has 2 aromatic carbocycles. The quantitative estimate of drug-likeness (QED) is 0.473. The minimum absolute atomic E-state index is 0.121. The van der Waals surface area contributed by atoms with Crippen LogP contribution in [0.4, 0.5) is 5.69 Å². The average Bonchev–Trinajstić information content (AvgIpc) is 2.70. The highest BCUT2D eigenvalue weighted by atomic mass is 16.7. The Bertz CT molecular complexity index is 775. The van der Waals surface area contributed by atoms with Gasteiger partial charge in [0.15, 0.2) is 13.6 Å². The molecule has 0 saturated heterocycles. The highest BCUT2D eigenvalue weighted by molar-refractivity contribution is 6.00. The molecule has 0 radical (unpaired) electrons. The van der Waals surface area contributed by atoms with Gasteiger partial charge in [-0.3, -0.25) is 4.79 Å². The van der Waals surface area contributed by atoms with Crippen LogP contribution in [0.15, 0.2) is 55.1 Å². The van der Waals surface area contributed by atoms with Crippen molar-refractivity contribution >= 4 is 11.6 Å². The number of nitrogens with zero attached hydrogens (tertiary/aromatic N) is 1. The maximum atomic E-state index is 12.0. The molecular formula is C21H25NO5. The Morgan fingerprint density at radius 2 is 1.78 bits per heavy atom. The lowest BCUT2D eigenvalue weighted by atomic mass is 10.0. The van der Waals surface area contributed by atoms with Crippen molar-refractivity contribution in [3.63, 3.8) is 0 Å². The normalized spacial score (nSPS) is 10.3. The second kappa shape index (κ2) is 10.4. The molecule has 0 bridgehead atoms. The Morgan fingerprint density at radius 1 is 1.07 bits per heavy atom. The molecule has 0 N–H and O–H groups in total. The zero-order valence-electron chi connectivity index (χ0n) is 15.9. The Labute approximate surface area is 159 Å². The van der Waals surface area contributed by atoms with Crippen molar-refractivity contribution in [2.24, 2.45) is 0 Å². The van der Waals surface area contributed by atoms with Crippen molar-refractivity contribution < 1.29 is 23.7 Å². The number of rotatable bonds is 10. The number of ether oxygens (including phenoxy) is 4. The summed E-state index contributed by atoms with van der Waals surface area (Å²) >= 11 is 0. The van der Waals surface area contributed by atoms with Gasteiger partial charge in [0.2, 0.25) is 5.91 Å². The monoisotopic (exact) mass is 371 g/mol. The summed E-state index contributed by atoms with van der Waals surface area (Å²) in [4.78, 5) is 13.5. The number of carbonyl (C=O) groups excluding carboxylic acids is 1. The van der Waals surface area contributed by atoms with Gasteiger partial charge in [-0.25, -0.2) is 0 Å². The SMILES string of the molecule is C=CC(=O)N(C)c1cc(Cc2ccccc2OCOC)cc(OCOC)c1. The lowest BCUT2D eigenvalue weighted by Crippen LogP contribution is -2.24. The predicted octanol–water partition coefficient (Wildman–Crippen LogP) is 3.39. The van der Waals surface area contributed by atoms with E-state index < -0.39 is 0 Å². The maximum absolute atomic E-state index is 12.0. The molecule has 0 atom stereocenters. The molecule has 0 aliphatic carbocycles. The average molecular weight is 371 g/mol. The molecule has 6 heteroatoms. The number of anilines is 1. The molecule has 2 rings (SSSR count). The maximum Gasteiger partial charge on any atom is 0.250 e. The van der Waals surface area contributed by atoms with E-state index in [1.807, 2.05) is 36.4 Å². The van der Waals surface area contributed by atoms with E-state index in [1.165, 1.54) is 11.0 Å². The number of hydrogen-bond acceptors (Lipinski definition) is 5. The Morgan fingerprint density at radius 3 is 2.48 bits per heavy atom. The van der Waals surface area contributed by atoms with Gasteiger partial charge >= 0.3 is 0 Å². The van der Waals surface area contributed by atoms with E-state index in [4.69, 9.17) is 18.9 Å². The highest BCUT2D eigenvalue weighted by Crippen LogP contribution is 2.28. The van der Waals surface area contributed by atoms with Gasteiger partial charge in [0.05, 0.1) is 0 Å². The van der Waals surface area contributed by atoms with Crippen molar-refractivity contribution in [2.45, 2.75) is 6.42 Å². The van der Waals surface area contributed by atoms with Gasteiger partial charge in [0.25, 0.3) is 0 Å².